The van der Waals surface area contributed by atoms with Gasteiger partial charge in [-0.05, 0) is 42.5 Å². The Morgan fingerprint density at radius 1 is 0.967 bits per heavy atom. The lowest BCUT2D eigenvalue weighted by atomic mass is 10.1. The van der Waals surface area contributed by atoms with Crippen LogP contribution in [0.15, 0.2) is 54.9 Å². The molecule has 0 aliphatic heterocycles. The molecule has 0 aliphatic carbocycles. The molecule has 0 radical (unpaired) electrons. The van der Waals surface area contributed by atoms with Crippen molar-refractivity contribution in [3.8, 4) is 11.5 Å². The molecule has 160 valence electrons. The fraction of sp³-hybridized carbons (Fsp3) is 0.318. The number of aromatic nitrogens is 2. The van der Waals surface area contributed by atoms with E-state index in [4.69, 9.17) is 44.3 Å². The molecule has 0 saturated heterocycles. The lowest BCUT2D eigenvalue weighted by Gasteiger charge is -2.28. The van der Waals surface area contributed by atoms with E-state index >= 15 is 0 Å². The second-order valence-electron chi connectivity index (χ2n) is 6.88. The zero-order chi connectivity index (χ0) is 21.5. The number of ether oxygens (including phenoxy) is 2. The smallest absolute Gasteiger partial charge is 0.123 e. The van der Waals surface area contributed by atoms with E-state index in [-0.39, 0.29) is 6.04 Å². The summed E-state index contributed by atoms with van der Waals surface area (Å²) in [6.07, 6.45) is 3.68. The molecule has 1 aromatic heterocycles. The van der Waals surface area contributed by atoms with Gasteiger partial charge in [0.25, 0.3) is 0 Å². The quantitative estimate of drug-likeness (QED) is 0.358. The molecule has 3 rings (SSSR count). The van der Waals surface area contributed by atoms with Gasteiger partial charge in [-0.15, -0.1) is 11.6 Å². The molecule has 0 fully saturated rings. The van der Waals surface area contributed by atoms with Gasteiger partial charge in [0.15, 0.2) is 0 Å². The molecule has 30 heavy (non-hydrogen) atoms. The van der Waals surface area contributed by atoms with Crippen molar-refractivity contribution in [3.05, 3.63) is 76.0 Å². The highest BCUT2D eigenvalue weighted by molar-refractivity contribution is 6.31. The lowest BCUT2D eigenvalue weighted by Crippen LogP contribution is -2.32. The van der Waals surface area contributed by atoms with Crippen LogP contribution in [0.25, 0.3) is 0 Å². The van der Waals surface area contributed by atoms with Gasteiger partial charge in [-0.2, -0.15) is 5.10 Å². The molecule has 0 saturated carbocycles. The maximum Gasteiger partial charge on any atom is 0.123 e. The molecule has 2 aromatic carbocycles. The van der Waals surface area contributed by atoms with Crippen LogP contribution >= 0.6 is 34.8 Å². The van der Waals surface area contributed by atoms with E-state index < -0.39 is 0 Å². The summed E-state index contributed by atoms with van der Waals surface area (Å²) in [5.74, 6) is 1.99. The third-order valence-corrected chi connectivity index (χ3v) is 5.65. The van der Waals surface area contributed by atoms with Gasteiger partial charge >= 0.3 is 0 Å². The minimum absolute atomic E-state index is 0.00275. The van der Waals surface area contributed by atoms with E-state index in [0.717, 1.165) is 22.6 Å². The minimum Gasteiger partial charge on any atom is -0.496 e. The van der Waals surface area contributed by atoms with Crippen LogP contribution in [0.5, 0.6) is 11.5 Å². The molecular weight excluding hydrogens is 445 g/mol. The number of alkyl halides is 1. The van der Waals surface area contributed by atoms with E-state index in [2.05, 4.69) is 10.00 Å². The Bertz CT molecular complexity index is 895. The van der Waals surface area contributed by atoms with Crippen molar-refractivity contribution in [2.75, 3.05) is 26.6 Å². The molecule has 0 N–H and O–H groups in total. The first-order valence-electron chi connectivity index (χ1n) is 9.46. The predicted molar refractivity (Wildman–Crippen MR) is 122 cm³/mol. The molecule has 1 atom stereocenters. The molecule has 5 nitrogen and oxygen atoms in total. The normalized spacial score (nSPS) is 12.2. The van der Waals surface area contributed by atoms with E-state index in [1.165, 1.54) is 0 Å². The fourth-order valence-corrected chi connectivity index (χ4v) is 4.03. The summed E-state index contributed by atoms with van der Waals surface area (Å²) < 4.78 is 13.0. The van der Waals surface area contributed by atoms with Crippen LogP contribution in [0.3, 0.4) is 0 Å². The molecule has 0 spiro atoms. The van der Waals surface area contributed by atoms with Crippen molar-refractivity contribution in [2.45, 2.75) is 19.1 Å². The van der Waals surface area contributed by atoms with Crippen molar-refractivity contribution in [1.82, 2.24) is 14.7 Å². The van der Waals surface area contributed by atoms with Gasteiger partial charge in [0.1, 0.15) is 11.5 Å². The number of halogens is 3. The lowest BCUT2D eigenvalue weighted by molar-refractivity contribution is 0.212. The van der Waals surface area contributed by atoms with Crippen LogP contribution in [0.2, 0.25) is 10.0 Å². The van der Waals surface area contributed by atoms with Gasteiger partial charge in [-0.3, -0.25) is 9.58 Å². The van der Waals surface area contributed by atoms with E-state index in [1.807, 2.05) is 53.3 Å². The van der Waals surface area contributed by atoms with Gasteiger partial charge in [0.2, 0.25) is 0 Å². The topological polar surface area (TPSA) is 39.5 Å². The largest absolute Gasteiger partial charge is 0.496 e. The first-order chi connectivity index (χ1) is 14.5. The van der Waals surface area contributed by atoms with Crippen molar-refractivity contribution < 1.29 is 9.47 Å². The molecule has 1 heterocycles. The summed E-state index contributed by atoms with van der Waals surface area (Å²) in [7, 11) is 3.31. The average molecular weight is 469 g/mol. The van der Waals surface area contributed by atoms with Gasteiger partial charge < -0.3 is 9.47 Å². The Balaban J connectivity index is 1.92. The summed E-state index contributed by atoms with van der Waals surface area (Å²) in [5.41, 5.74) is 1.97. The molecule has 3 aromatic rings. The molecular formula is C22H24Cl3N3O2. The van der Waals surface area contributed by atoms with E-state index in [1.54, 1.807) is 20.4 Å². The summed E-state index contributed by atoms with van der Waals surface area (Å²) in [4.78, 5) is 2.26. The number of nitrogens with zero attached hydrogens (tertiary/aromatic N) is 3. The zero-order valence-electron chi connectivity index (χ0n) is 16.9. The van der Waals surface area contributed by atoms with Crippen molar-refractivity contribution in [1.29, 1.82) is 0 Å². The second-order valence-corrected chi connectivity index (χ2v) is 8.06. The maximum atomic E-state index is 6.30. The van der Waals surface area contributed by atoms with Crippen LogP contribution < -0.4 is 9.47 Å². The first-order valence-corrected chi connectivity index (χ1v) is 10.8. The van der Waals surface area contributed by atoms with Crippen LogP contribution in [-0.4, -0.2) is 41.3 Å². The van der Waals surface area contributed by atoms with Gasteiger partial charge in [0, 0.05) is 59.1 Å². The summed E-state index contributed by atoms with van der Waals surface area (Å²) in [6.45, 7) is 1.87. The zero-order valence-corrected chi connectivity index (χ0v) is 19.2. The number of methoxy groups -OCH3 is 2. The highest BCUT2D eigenvalue weighted by atomic mass is 35.5. The Morgan fingerprint density at radius 2 is 1.53 bits per heavy atom. The van der Waals surface area contributed by atoms with Crippen molar-refractivity contribution >= 4 is 34.8 Å². The van der Waals surface area contributed by atoms with Crippen LogP contribution in [0.1, 0.15) is 17.2 Å². The number of hydrogen-bond donors (Lipinski definition) is 0. The monoisotopic (exact) mass is 467 g/mol. The van der Waals surface area contributed by atoms with E-state index in [0.29, 0.717) is 35.6 Å². The van der Waals surface area contributed by atoms with E-state index in [9.17, 15) is 0 Å². The minimum atomic E-state index is -0.00275. The molecule has 8 heteroatoms. The van der Waals surface area contributed by atoms with Crippen LogP contribution in [0, 0.1) is 0 Å². The second kappa shape index (κ2) is 10.9. The number of rotatable bonds is 10. The number of hydrogen-bond acceptors (Lipinski definition) is 4. The van der Waals surface area contributed by atoms with Gasteiger partial charge in [-0.1, -0.05) is 23.2 Å². The average Bonchev–Trinajstić information content (AvgIpc) is 3.27. The predicted octanol–water partition coefficient (Wildman–Crippen LogP) is 5.69. The fourth-order valence-electron chi connectivity index (χ4n) is 3.41. The SMILES string of the molecule is COc1ccc(Cl)cc1CN(Cc1cc(Cl)ccc1OC)C[C@@H](CCl)n1cccn1. The third kappa shape index (κ3) is 5.82. The van der Waals surface area contributed by atoms with Crippen LogP contribution in [0.4, 0.5) is 0 Å². The standard InChI is InChI=1S/C22H24Cl3N3O2/c1-29-21-6-4-18(24)10-16(21)13-27(15-20(12-23)28-9-3-8-26-28)14-17-11-19(25)5-7-22(17)30-2/h3-11,20H,12-15H2,1-2H3/t20-/m1/s1. The van der Waals surface area contributed by atoms with Crippen molar-refractivity contribution in [3.63, 3.8) is 0 Å². The summed E-state index contributed by atoms with van der Waals surface area (Å²) >= 11 is 18.8. The Morgan fingerprint density at radius 3 is 1.97 bits per heavy atom. The first kappa shape index (κ1) is 22.8. The number of benzene rings is 2. The summed E-state index contributed by atoms with van der Waals surface area (Å²) in [6, 6.07) is 13.1. The highest BCUT2D eigenvalue weighted by Gasteiger charge is 2.19. The van der Waals surface area contributed by atoms with Crippen LogP contribution in [-0.2, 0) is 13.1 Å². The summed E-state index contributed by atoms with van der Waals surface area (Å²) in [5, 5.41) is 5.68. The third-order valence-electron chi connectivity index (χ3n) is 4.82. The molecule has 0 amide bonds. The van der Waals surface area contributed by atoms with Gasteiger partial charge in [-0.25, -0.2) is 0 Å². The Labute approximate surface area is 192 Å². The molecule has 0 unspecified atom stereocenters. The van der Waals surface area contributed by atoms with Crippen molar-refractivity contribution in [2.24, 2.45) is 0 Å². The molecule has 0 aliphatic rings. The highest BCUT2D eigenvalue weighted by Crippen LogP contribution is 2.28. The van der Waals surface area contributed by atoms with Gasteiger partial charge in [0.05, 0.1) is 20.3 Å². The maximum absolute atomic E-state index is 6.30. The Hall–Kier alpha value is -1.92. The Kier molecular flexibility index (Phi) is 8.28. The molecule has 0 bridgehead atoms.